The molecule has 0 aliphatic rings. The Bertz CT molecular complexity index is 1230. The predicted molar refractivity (Wildman–Crippen MR) is 119 cm³/mol. The van der Waals surface area contributed by atoms with Crippen LogP contribution in [-0.4, -0.2) is 43.5 Å². The maximum absolute atomic E-state index is 11.8. The number of ether oxygens (including phenoxy) is 1. The molecule has 31 heavy (non-hydrogen) atoms. The first-order valence-electron chi connectivity index (χ1n) is 10.0. The SMILES string of the molecule is Cc1cc(-c2nc(Nc3ccc4[nH]ncc4c3)n(C)n2)ccc1OCC(=O)NC(C)C. The van der Waals surface area contributed by atoms with E-state index in [9.17, 15) is 4.79 Å². The Morgan fingerprint density at radius 2 is 2.06 bits per heavy atom. The lowest BCUT2D eigenvalue weighted by Crippen LogP contribution is -2.34. The lowest BCUT2D eigenvalue weighted by Gasteiger charge is -2.11. The van der Waals surface area contributed by atoms with Crippen LogP contribution in [0.4, 0.5) is 11.6 Å². The number of nitrogens with zero attached hydrogens (tertiary/aromatic N) is 4. The zero-order chi connectivity index (χ0) is 22.0. The Morgan fingerprint density at radius 3 is 2.84 bits per heavy atom. The van der Waals surface area contributed by atoms with Gasteiger partial charge in [-0.3, -0.25) is 9.89 Å². The van der Waals surface area contributed by atoms with Crippen molar-refractivity contribution < 1.29 is 9.53 Å². The number of rotatable bonds is 7. The van der Waals surface area contributed by atoms with Gasteiger partial charge in [-0.15, -0.1) is 5.10 Å². The molecule has 0 spiro atoms. The molecule has 0 atom stereocenters. The highest BCUT2D eigenvalue weighted by molar-refractivity contribution is 5.82. The van der Waals surface area contributed by atoms with Gasteiger partial charge in [0.25, 0.3) is 5.91 Å². The summed E-state index contributed by atoms with van der Waals surface area (Å²) < 4.78 is 7.35. The molecular formula is C22H25N7O2. The van der Waals surface area contributed by atoms with E-state index in [1.807, 2.05) is 64.2 Å². The Balaban J connectivity index is 1.48. The molecule has 2 aromatic carbocycles. The third kappa shape index (κ3) is 4.66. The van der Waals surface area contributed by atoms with Crippen molar-refractivity contribution in [2.45, 2.75) is 26.8 Å². The van der Waals surface area contributed by atoms with Gasteiger partial charge in [0.1, 0.15) is 5.75 Å². The largest absolute Gasteiger partial charge is 0.484 e. The van der Waals surface area contributed by atoms with Crippen LogP contribution in [0.15, 0.2) is 42.6 Å². The fraction of sp³-hybridized carbons (Fsp3) is 0.273. The number of H-pyrrole nitrogens is 1. The highest BCUT2D eigenvalue weighted by atomic mass is 16.5. The second-order valence-electron chi connectivity index (χ2n) is 7.67. The summed E-state index contributed by atoms with van der Waals surface area (Å²) in [6.45, 7) is 5.74. The molecule has 0 bridgehead atoms. The van der Waals surface area contributed by atoms with Gasteiger partial charge in [-0.2, -0.15) is 10.1 Å². The molecule has 0 unspecified atom stereocenters. The first-order valence-corrected chi connectivity index (χ1v) is 10.0. The summed E-state index contributed by atoms with van der Waals surface area (Å²) in [6, 6.07) is 11.7. The van der Waals surface area contributed by atoms with Gasteiger partial charge >= 0.3 is 0 Å². The Kier molecular flexibility index (Phi) is 5.57. The molecule has 0 saturated carbocycles. The van der Waals surface area contributed by atoms with Crippen molar-refractivity contribution in [1.82, 2.24) is 30.3 Å². The summed E-state index contributed by atoms with van der Waals surface area (Å²) in [5, 5.41) is 18.6. The average molecular weight is 419 g/mol. The fourth-order valence-electron chi connectivity index (χ4n) is 3.22. The number of aromatic nitrogens is 5. The maximum atomic E-state index is 11.8. The highest BCUT2D eigenvalue weighted by Crippen LogP contribution is 2.26. The molecule has 0 saturated heterocycles. The monoisotopic (exact) mass is 419 g/mol. The summed E-state index contributed by atoms with van der Waals surface area (Å²) in [7, 11) is 1.84. The highest BCUT2D eigenvalue weighted by Gasteiger charge is 2.12. The number of aryl methyl sites for hydroxylation is 2. The van der Waals surface area contributed by atoms with Crippen LogP contribution in [0.2, 0.25) is 0 Å². The van der Waals surface area contributed by atoms with Crippen LogP contribution < -0.4 is 15.4 Å². The lowest BCUT2D eigenvalue weighted by molar-refractivity contribution is -0.123. The number of hydrogen-bond acceptors (Lipinski definition) is 6. The van der Waals surface area contributed by atoms with Crippen LogP contribution >= 0.6 is 0 Å². The number of aromatic amines is 1. The van der Waals surface area contributed by atoms with Crippen LogP contribution in [0.1, 0.15) is 19.4 Å². The summed E-state index contributed by atoms with van der Waals surface area (Å²) >= 11 is 0. The number of anilines is 2. The number of carbonyl (C=O) groups excluding carboxylic acids is 1. The second kappa shape index (κ2) is 8.47. The Labute approximate surface area is 179 Å². The van der Waals surface area contributed by atoms with E-state index in [4.69, 9.17) is 4.74 Å². The molecule has 0 aliphatic heterocycles. The summed E-state index contributed by atoms with van der Waals surface area (Å²) in [5.74, 6) is 1.74. The molecule has 2 heterocycles. The van der Waals surface area contributed by atoms with Crippen LogP contribution in [0.5, 0.6) is 5.75 Å². The number of amides is 1. The molecule has 1 amide bonds. The van der Waals surface area contributed by atoms with Gasteiger partial charge in [-0.25, -0.2) is 4.68 Å². The van der Waals surface area contributed by atoms with Crippen molar-refractivity contribution >= 4 is 28.4 Å². The normalized spacial score (nSPS) is 11.1. The molecule has 3 N–H and O–H groups in total. The van der Waals surface area contributed by atoms with Crippen LogP contribution in [0.3, 0.4) is 0 Å². The van der Waals surface area contributed by atoms with Gasteiger partial charge in [0.15, 0.2) is 12.4 Å². The number of nitrogens with one attached hydrogen (secondary N) is 3. The lowest BCUT2D eigenvalue weighted by atomic mass is 10.1. The van der Waals surface area contributed by atoms with Crippen molar-refractivity contribution in [2.24, 2.45) is 7.05 Å². The zero-order valence-corrected chi connectivity index (χ0v) is 17.9. The molecule has 0 fully saturated rings. The number of carbonyl (C=O) groups is 1. The van der Waals surface area contributed by atoms with E-state index in [-0.39, 0.29) is 18.6 Å². The third-order valence-corrected chi connectivity index (χ3v) is 4.70. The van der Waals surface area contributed by atoms with E-state index < -0.39 is 0 Å². The van der Waals surface area contributed by atoms with Crippen LogP contribution in [0.25, 0.3) is 22.3 Å². The number of hydrogen-bond donors (Lipinski definition) is 3. The molecule has 0 aliphatic carbocycles. The van der Waals surface area contributed by atoms with E-state index in [0.717, 1.165) is 27.7 Å². The Morgan fingerprint density at radius 1 is 1.23 bits per heavy atom. The molecule has 2 aromatic heterocycles. The minimum atomic E-state index is -0.144. The van der Waals surface area contributed by atoms with E-state index in [1.54, 1.807) is 10.9 Å². The van der Waals surface area contributed by atoms with E-state index in [2.05, 4.69) is 30.9 Å². The minimum Gasteiger partial charge on any atom is -0.484 e. The molecule has 9 nitrogen and oxygen atoms in total. The third-order valence-electron chi connectivity index (χ3n) is 4.70. The van der Waals surface area contributed by atoms with E-state index in [1.165, 1.54) is 0 Å². The molecule has 4 aromatic rings. The van der Waals surface area contributed by atoms with E-state index >= 15 is 0 Å². The molecule has 9 heteroatoms. The molecule has 160 valence electrons. The zero-order valence-electron chi connectivity index (χ0n) is 17.9. The van der Waals surface area contributed by atoms with Gasteiger partial charge in [-0.1, -0.05) is 0 Å². The van der Waals surface area contributed by atoms with Crippen LogP contribution in [-0.2, 0) is 11.8 Å². The van der Waals surface area contributed by atoms with Gasteiger partial charge < -0.3 is 15.4 Å². The summed E-state index contributed by atoms with van der Waals surface area (Å²) in [6.07, 6.45) is 1.78. The standard InChI is InChI=1S/C22H25N7O2/c1-13(2)24-20(30)12-31-19-8-5-15(9-14(19)3)21-26-22(29(4)28-21)25-17-6-7-18-16(10-17)11-23-27-18/h5-11,13H,12H2,1-4H3,(H,23,27)(H,24,30)(H,25,26,28). The van der Waals surface area contributed by atoms with Crippen molar-refractivity contribution in [3.05, 3.63) is 48.2 Å². The fourth-order valence-corrected chi connectivity index (χ4v) is 3.22. The van der Waals surface area contributed by atoms with Crippen molar-refractivity contribution in [1.29, 1.82) is 0 Å². The average Bonchev–Trinajstić information content (AvgIpc) is 3.33. The van der Waals surface area contributed by atoms with Crippen molar-refractivity contribution in [2.75, 3.05) is 11.9 Å². The van der Waals surface area contributed by atoms with Crippen molar-refractivity contribution in [3.8, 4) is 17.1 Å². The topological polar surface area (TPSA) is 110 Å². The van der Waals surface area contributed by atoms with Gasteiger partial charge in [0.2, 0.25) is 5.95 Å². The van der Waals surface area contributed by atoms with Crippen LogP contribution in [0, 0.1) is 6.92 Å². The molecule has 0 radical (unpaired) electrons. The van der Waals surface area contributed by atoms with Gasteiger partial charge in [0.05, 0.1) is 11.7 Å². The minimum absolute atomic E-state index is 0.0186. The first-order chi connectivity index (χ1) is 14.9. The second-order valence-corrected chi connectivity index (χ2v) is 7.67. The van der Waals surface area contributed by atoms with Crippen molar-refractivity contribution in [3.63, 3.8) is 0 Å². The summed E-state index contributed by atoms with van der Waals surface area (Å²) in [4.78, 5) is 16.4. The number of benzene rings is 2. The van der Waals surface area contributed by atoms with E-state index in [0.29, 0.717) is 17.5 Å². The van der Waals surface area contributed by atoms with Gasteiger partial charge in [0, 0.05) is 29.7 Å². The number of fused-ring (bicyclic) bond motifs is 1. The molecule has 4 rings (SSSR count). The Hall–Kier alpha value is -3.88. The smallest absolute Gasteiger partial charge is 0.258 e. The first kappa shape index (κ1) is 20.4. The molecular weight excluding hydrogens is 394 g/mol. The quantitative estimate of drug-likeness (QED) is 0.424. The predicted octanol–water partition coefficient (Wildman–Crippen LogP) is 3.31. The maximum Gasteiger partial charge on any atom is 0.258 e. The summed E-state index contributed by atoms with van der Waals surface area (Å²) in [5.41, 5.74) is 3.65. The van der Waals surface area contributed by atoms with Gasteiger partial charge in [-0.05, 0) is 62.7 Å².